The van der Waals surface area contributed by atoms with Crippen LogP contribution in [0.25, 0.3) is 0 Å². The average Bonchev–Trinajstić information content (AvgIpc) is 2.67. The van der Waals surface area contributed by atoms with Gasteiger partial charge in [-0.3, -0.25) is 0 Å². The zero-order valence-electron chi connectivity index (χ0n) is 16.5. The van der Waals surface area contributed by atoms with E-state index in [1.54, 1.807) is 0 Å². The molecule has 1 nitrogen and oxygen atoms in total. The minimum atomic E-state index is 0.781. The minimum Gasteiger partial charge on any atom is -0.494 e. The predicted molar refractivity (Wildman–Crippen MR) is 107 cm³/mol. The van der Waals surface area contributed by atoms with Crippen LogP contribution in [0, 0.1) is 17.8 Å². The van der Waals surface area contributed by atoms with Gasteiger partial charge in [0.2, 0.25) is 0 Å². The predicted octanol–water partition coefficient (Wildman–Crippen LogP) is 7.36. The lowest BCUT2D eigenvalue weighted by Gasteiger charge is -2.27. The number of hydrogen-bond donors (Lipinski definition) is 0. The van der Waals surface area contributed by atoms with E-state index in [-0.39, 0.29) is 0 Å². The lowest BCUT2D eigenvalue weighted by Crippen LogP contribution is -2.14. The number of hydrogen-bond acceptors (Lipinski definition) is 1. The van der Waals surface area contributed by atoms with Crippen molar-refractivity contribution in [3.63, 3.8) is 0 Å². The van der Waals surface area contributed by atoms with Crippen LogP contribution in [0.15, 0.2) is 24.3 Å². The smallest absolute Gasteiger partial charge is 0.119 e. The molecule has 3 rings (SSSR count). The van der Waals surface area contributed by atoms with Gasteiger partial charge < -0.3 is 4.74 Å². The Bertz CT molecular complexity index is 475. The summed E-state index contributed by atoms with van der Waals surface area (Å²) < 4.78 is 6.00. The minimum absolute atomic E-state index is 0.781. The maximum absolute atomic E-state index is 6.00. The number of benzene rings is 1. The van der Waals surface area contributed by atoms with Gasteiger partial charge in [-0.1, -0.05) is 70.9 Å². The fourth-order valence-electron chi connectivity index (χ4n) is 4.92. The third kappa shape index (κ3) is 5.76. The molecule has 0 amide bonds. The summed E-state index contributed by atoms with van der Waals surface area (Å²) in [6.07, 6.45) is 15.3. The standard InChI is InChI=1S/C24H38O/c1-3-20-8-10-21(11-9-20)5-4-18-25-24-16-14-23(15-17-24)22-12-6-19(2)7-13-22/h14-17,19-22H,3-13,18H2,1-2H3. The summed E-state index contributed by atoms with van der Waals surface area (Å²) in [5.41, 5.74) is 1.52. The summed E-state index contributed by atoms with van der Waals surface area (Å²) in [6.45, 7) is 5.62. The van der Waals surface area contributed by atoms with Crippen molar-refractivity contribution in [1.82, 2.24) is 0 Å². The zero-order chi connectivity index (χ0) is 17.5. The highest BCUT2D eigenvalue weighted by Crippen LogP contribution is 2.36. The van der Waals surface area contributed by atoms with E-state index < -0.39 is 0 Å². The van der Waals surface area contributed by atoms with Crippen LogP contribution in [0.4, 0.5) is 0 Å². The normalized spacial score (nSPS) is 30.2. The first-order valence-corrected chi connectivity index (χ1v) is 11.0. The topological polar surface area (TPSA) is 9.23 Å². The van der Waals surface area contributed by atoms with Gasteiger partial charge in [0.25, 0.3) is 0 Å². The molecule has 0 atom stereocenters. The average molecular weight is 343 g/mol. The maximum Gasteiger partial charge on any atom is 0.119 e. The van der Waals surface area contributed by atoms with Crippen molar-refractivity contribution in [3.8, 4) is 5.75 Å². The van der Waals surface area contributed by atoms with Crippen LogP contribution < -0.4 is 4.74 Å². The third-order valence-electron chi connectivity index (χ3n) is 6.94. The van der Waals surface area contributed by atoms with Crippen molar-refractivity contribution in [2.75, 3.05) is 6.61 Å². The Hall–Kier alpha value is -0.980. The second-order valence-corrected chi connectivity index (χ2v) is 8.81. The van der Waals surface area contributed by atoms with Crippen LogP contribution >= 0.6 is 0 Å². The Morgan fingerprint density at radius 1 is 0.840 bits per heavy atom. The van der Waals surface area contributed by atoms with E-state index in [9.17, 15) is 0 Å². The largest absolute Gasteiger partial charge is 0.494 e. The van der Waals surface area contributed by atoms with E-state index in [4.69, 9.17) is 4.74 Å². The Morgan fingerprint density at radius 3 is 2.12 bits per heavy atom. The fourth-order valence-corrected chi connectivity index (χ4v) is 4.92. The molecule has 0 bridgehead atoms. The van der Waals surface area contributed by atoms with Crippen molar-refractivity contribution in [2.45, 2.75) is 90.4 Å². The van der Waals surface area contributed by atoms with Gasteiger partial charge in [-0.05, 0) is 67.1 Å². The lowest BCUT2D eigenvalue weighted by atomic mass is 9.79. The van der Waals surface area contributed by atoms with E-state index in [0.29, 0.717) is 0 Å². The Balaban J connectivity index is 1.33. The SMILES string of the molecule is CCC1CCC(CCCOc2ccc(C3CCC(C)CC3)cc2)CC1. The van der Waals surface area contributed by atoms with Gasteiger partial charge in [0.05, 0.1) is 6.61 Å². The molecule has 2 saturated carbocycles. The first kappa shape index (κ1) is 18.8. The molecule has 2 fully saturated rings. The molecular weight excluding hydrogens is 304 g/mol. The van der Waals surface area contributed by atoms with Crippen molar-refractivity contribution >= 4 is 0 Å². The Morgan fingerprint density at radius 2 is 1.48 bits per heavy atom. The Kier molecular flexibility index (Phi) is 7.25. The lowest BCUT2D eigenvalue weighted by molar-refractivity contribution is 0.234. The van der Waals surface area contributed by atoms with Gasteiger partial charge in [-0.15, -0.1) is 0 Å². The molecule has 0 aliphatic heterocycles. The van der Waals surface area contributed by atoms with Gasteiger partial charge in [-0.2, -0.15) is 0 Å². The molecule has 0 heterocycles. The van der Waals surface area contributed by atoms with Crippen LogP contribution in [-0.2, 0) is 0 Å². The quantitative estimate of drug-likeness (QED) is 0.470. The summed E-state index contributed by atoms with van der Waals surface area (Å²) >= 11 is 0. The molecule has 0 radical (unpaired) electrons. The second-order valence-electron chi connectivity index (χ2n) is 8.81. The Labute approximate surface area is 155 Å². The van der Waals surface area contributed by atoms with Gasteiger partial charge in [0, 0.05) is 0 Å². The molecule has 0 unspecified atom stereocenters. The first-order valence-electron chi connectivity index (χ1n) is 11.0. The maximum atomic E-state index is 6.00. The van der Waals surface area contributed by atoms with Crippen molar-refractivity contribution in [1.29, 1.82) is 0 Å². The molecule has 1 heteroatoms. The summed E-state index contributed by atoms with van der Waals surface area (Å²) in [7, 11) is 0. The molecule has 1 aromatic carbocycles. The number of rotatable bonds is 7. The second kappa shape index (κ2) is 9.64. The molecule has 0 aromatic heterocycles. The molecule has 0 saturated heterocycles. The molecule has 2 aliphatic carbocycles. The van der Waals surface area contributed by atoms with Crippen LogP contribution in [0.2, 0.25) is 0 Å². The molecule has 2 aliphatic rings. The van der Waals surface area contributed by atoms with Gasteiger partial charge in [0.15, 0.2) is 0 Å². The van der Waals surface area contributed by atoms with E-state index >= 15 is 0 Å². The zero-order valence-corrected chi connectivity index (χ0v) is 16.5. The third-order valence-corrected chi connectivity index (χ3v) is 6.94. The number of ether oxygens (including phenoxy) is 1. The van der Waals surface area contributed by atoms with Crippen LogP contribution in [0.3, 0.4) is 0 Å². The fraction of sp³-hybridized carbons (Fsp3) is 0.750. The van der Waals surface area contributed by atoms with E-state index in [1.165, 1.54) is 76.2 Å². The molecule has 1 aromatic rings. The highest BCUT2D eigenvalue weighted by Gasteiger charge is 2.20. The molecule has 140 valence electrons. The first-order chi connectivity index (χ1) is 12.2. The highest BCUT2D eigenvalue weighted by atomic mass is 16.5. The van der Waals surface area contributed by atoms with Gasteiger partial charge >= 0.3 is 0 Å². The summed E-state index contributed by atoms with van der Waals surface area (Å²) in [5, 5.41) is 0. The molecule has 25 heavy (non-hydrogen) atoms. The van der Waals surface area contributed by atoms with E-state index in [1.807, 2.05) is 0 Å². The molecular formula is C24H38O. The van der Waals surface area contributed by atoms with Gasteiger partial charge in [0.1, 0.15) is 5.75 Å². The summed E-state index contributed by atoms with van der Waals surface area (Å²) in [6, 6.07) is 9.00. The van der Waals surface area contributed by atoms with E-state index in [0.717, 1.165) is 36.0 Å². The summed E-state index contributed by atoms with van der Waals surface area (Å²) in [4.78, 5) is 0. The summed E-state index contributed by atoms with van der Waals surface area (Å²) in [5.74, 6) is 4.74. The molecule has 0 spiro atoms. The molecule has 0 N–H and O–H groups in total. The van der Waals surface area contributed by atoms with Crippen LogP contribution in [0.5, 0.6) is 5.75 Å². The van der Waals surface area contributed by atoms with Crippen molar-refractivity contribution in [2.24, 2.45) is 17.8 Å². The van der Waals surface area contributed by atoms with Crippen molar-refractivity contribution < 1.29 is 4.74 Å². The van der Waals surface area contributed by atoms with Crippen LogP contribution in [-0.4, -0.2) is 6.61 Å². The van der Waals surface area contributed by atoms with Crippen LogP contribution in [0.1, 0.15) is 96.0 Å². The highest BCUT2D eigenvalue weighted by molar-refractivity contribution is 5.29. The monoisotopic (exact) mass is 342 g/mol. The van der Waals surface area contributed by atoms with Crippen molar-refractivity contribution in [3.05, 3.63) is 29.8 Å². The van der Waals surface area contributed by atoms with E-state index in [2.05, 4.69) is 38.1 Å². The van der Waals surface area contributed by atoms with Gasteiger partial charge in [-0.25, -0.2) is 0 Å².